The minimum absolute atomic E-state index is 0.209. The quantitative estimate of drug-likeness (QED) is 0.824. The largest absolute Gasteiger partial charge is 0.416 e. The van der Waals surface area contributed by atoms with E-state index in [2.05, 4.69) is 0 Å². The van der Waals surface area contributed by atoms with Crippen LogP contribution in [0.25, 0.3) is 0 Å². The Hall–Kier alpha value is -0.850. The zero-order valence-corrected chi connectivity index (χ0v) is 11.9. The van der Waals surface area contributed by atoms with Crippen molar-refractivity contribution in [2.75, 3.05) is 0 Å². The molecule has 0 unspecified atom stereocenters. The molecule has 1 aliphatic carbocycles. The summed E-state index contributed by atoms with van der Waals surface area (Å²) in [6, 6.07) is 0.0864. The summed E-state index contributed by atoms with van der Waals surface area (Å²) < 4.78 is 53.1. The number of alkyl halides is 3. The molecule has 3 N–H and O–H groups in total. The highest BCUT2D eigenvalue weighted by Crippen LogP contribution is 2.40. The average Bonchev–Trinajstić information content (AvgIpc) is 2.92. The van der Waals surface area contributed by atoms with E-state index >= 15 is 0 Å². The Morgan fingerprint density at radius 3 is 2.33 bits per heavy atom. The molecule has 0 saturated heterocycles. The van der Waals surface area contributed by atoms with E-state index in [1.54, 1.807) is 0 Å². The molecule has 0 spiro atoms. The van der Waals surface area contributed by atoms with E-state index in [-0.39, 0.29) is 5.92 Å². The normalized spacial score (nSPS) is 19.8. The summed E-state index contributed by atoms with van der Waals surface area (Å²) in [6.45, 7) is 0. The number of hydrogen-bond acceptors (Lipinski definition) is 2. The van der Waals surface area contributed by atoms with Crippen molar-refractivity contribution in [3.8, 4) is 0 Å². The predicted molar refractivity (Wildman–Crippen MR) is 71.3 cm³/mol. The fourth-order valence-corrected chi connectivity index (χ4v) is 3.07. The van der Waals surface area contributed by atoms with E-state index in [9.17, 15) is 22.7 Å². The lowest BCUT2D eigenvalue weighted by molar-refractivity contribution is -0.139. The Labute approximate surface area is 124 Å². The summed E-state index contributed by atoms with van der Waals surface area (Å²) in [6.07, 6.45) is -2.84. The predicted octanol–water partition coefficient (Wildman–Crippen LogP) is 4.05. The maximum atomic E-state index is 14.1. The second-order valence-corrected chi connectivity index (χ2v) is 5.79. The molecule has 1 fully saturated rings. The van der Waals surface area contributed by atoms with Gasteiger partial charge in [-0.15, -0.1) is 0 Å². The molecule has 118 valence electrons. The highest BCUT2D eigenvalue weighted by atomic mass is 35.5. The van der Waals surface area contributed by atoms with Crippen LogP contribution in [0.4, 0.5) is 17.6 Å². The van der Waals surface area contributed by atoms with E-state index in [1.165, 1.54) is 0 Å². The SMILES string of the molecule is N[C@@H](c1c(C(F)(F)F)ccc(Cl)c1F)[C@H](O)C1CCCC1. The van der Waals surface area contributed by atoms with E-state index in [0.717, 1.165) is 18.9 Å². The smallest absolute Gasteiger partial charge is 0.391 e. The van der Waals surface area contributed by atoms with Gasteiger partial charge in [0.2, 0.25) is 0 Å². The molecule has 0 amide bonds. The first-order valence-corrected chi connectivity index (χ1v) is 7.10. The molecule has 0 heterocycles. The zero-order valence-electron chi connectivity index (χ0n) is 11.1. The van der Waals surface area contributed by atoms with Crippen molar-refractivity contribution in [2.24, 2.45) is 11.7 Å². The molecule has 0 radical (unpaired) electrons. The minimum atomic E-state index is -4.76. The van der Waals surface area contributed by atoms with Gasteiger partial charge in [0.25, 0.3) is 0 Å². The monoisotopic (exact) mass is 325 g/mol. The van der Waals surface area contributed by atoms with E-state index in [0.29, 0.717) is 18.9 Å². The van der Waals surface area contributed by atoms with E-state index < -0.39 is 40.3 Å². The minimum Gasteiger partial charge on any atom is -0.391 e. The van der Waals surface area contributed by atoms with Gasteiger partial charge in [0, 0.05) is 5.56 Å². The highest BCUT2D eigenvalue weighted by Gasteiger charge is 2.40. The molecule has 0 aliphatic heterocycles. The van der Waals surface area contributed by atoms with Crippen LogP contribution in [0, 0.1) is 11.7 Å². The van der Waals surface area contributed by atoms with Crippen LogP contribution >= 0.6 is 11.6 Å². The van der Waals surface area contributed by atoms with Gasteiger partial charge in [0.05, 0.1) is 22.7 Å². The summed E-state index contributed by atoms with van der Waals surface area (Å²) in [4.78, 5) is 0. The molecule has 0 aromatic heterocycles. The molecule has 2 rings (SSSR count). The van der Waals surface area contributed by atoms with Crippen LogP contribution in [-0.4, -0.2) is 11.2 Å². The first-order valence-electron chi connectivity index (χ1n) is 6.72. The standard InChI is InChI=1S/C14H16ClF4NO/c15-9-6-5-8(14(17,18)19)10(11(9)16)12(20)13(21)7-3-1-2-4-7/h5-7,12-13,21H,1-4,20H2/t12-,13+/m0/s1. The zero-order chi connectivity index (χ0) is 15.8. The fourth-order valence-electron chi connectivity index (χ4n) is 2.90. The van der Waals surface area contributed by atoms with Crippen molar-refractivity contribution in [2.45, 2.75) is 44.0 Å². The first kappa shape index (κ1) is 16.5. The Morgan fingerprint density at radius 2 is 1.81 bits per heavy atom. The number of hydrogen-bond donors (Lipinski definition) is 2. The van der Waals surface area contributed by atoms with Crippen LogP contribution in [0.15, 0.2) is 12.1 Å². The number of rotatable bonds is 3. The van der Waals surface area contributed by atoms with Gasteiger partial charge in [0.1, 0.15) is 5.82 Å². The third-order valence-electron chi connectivity index (χ3n) is 4.02. The third kappa shape index (κ3) is 3.33. The third-order valence-corrected chi connectivity index (χ3v) is 4.31. The molecule has 0 bridgehead atoms. The lowest BCUT2D eigenvalue weighted by Crippen LogP contribution is -2.34. The second-order valence-electron chi connectivity index (χ2n) is 5.38. The van der Waals surface area contributed by atoms with Gasteiger partial charge < -0.3 is 10.8 Å². The van der Waals surface area contributed by atoms with Crippen LogP contribution in [0.3, 0.4) is 0 Å². The van der Waals surface area contributed by atoms with Crippen molar-refractivity contribution < 1.29 is 22.7 Å². The van der Waals surface area contributed by atoms with Gasteiger partial charge in [-0.2, -0.15) is 13.2 Å². The molecule has 2 atom stereocenters. The van der Waals surface area contributed by atoms with Crippen molar-refractivity contribution >= 4 is 11.6 Å². The lowest BCUT2D eigenvalue weighted by atomic mass is 9.88. The van der Waals surface area contributed by atoms with Crippen molar-refractivity contribution in [1.29, 1.82) is 0 Å². The number of aliphatic hydroxyl groups excluding tert-OH is 1. The molecule has 1 aromatic rings. The molecule has 2 nitrogen and oxygen atoms in total. The fraction of sp³-hybridized carbons (Fsp3) is 0.571. The van der Waals surface area contributed by atoms with E-state index in [4.69, 9.17) is 17.3 Å². The van der Waals surface area contributed by atoms with Crippen LogP contribution in [0.5, 0.6) is 0 Å². The number of aliphatic hydroxyl groups is 1. The Bertz CT molecular complexity index is 514. The summed E-state index contributed by atoms with van der Waals surface area (Å²) in [7, 11) is 0. The molecule has 21 heavy (non-hydrogen) atoms. The maximum Gasteiger partial charge on any atom is 0.416 e. The summed E-state index contributed by atoms with van der Waals surface area (Å²) >= 11 is 5.56. The molecular weight excluding hydrogens is 310 g/mol. The molecule has 1 aromatic carbocycles. The maximum absolute atomic E-state index is 14.1. The number of halogens is 5. The van der Waals surface area contributed by atoms with E-state index in [1.807, 2.05) is 0 Å². The van der Waals surface area contributed by atoms with Crippen molar-refractivity contribution in [1.82, 2.24) is 0 Å². The van der Waals surface area contributed by atoms with Gasteiger partial charge in [0.15, 0.2) is 0 Å². The Balaban J connectivity index is 2.43. The van der Waals surface area contributed by atoms with Crippen LogP contribution in [0.2, 0.25) is 5.02 Å². The van der Waals surface area contributed by atoms with Gasteiger partial charge in [-0.1, -0.05) is 24.4 Å². The first-order chi connectivity index (χ1) is 9.73. The Morgan fingerprint density at radius 1 is 1.24 bits per heavy atom. The Kier molecular flexibility index (Phi) is 4.80. The number of nitrogens with two attached hydrogens (primary N) is 1. The van der Waals surface area contributed by atoms with Gasteiger partial charge in [-0.05, 0) is 30.9 Å². The molecular formula is C14H16ClF4NO. The number of benzene rings is 1. The van der Waals surface area contributed by atoms with Gasteiger partial charge in [-0.25, -0.2) is 4.39 Å². The highest BCUT2D eigenvalue weighted by molar-refractivity contribution is 6.30. The van der Waals surface area contributed by atoms with Crippen molar-refractivity contribution in [3.63, 3.8) is 0 Å². The molecule has 1 aliphatic rings. The van der Waals surface area contributed by atoms with Crippen molar-refractivity contribution in [3.05, 3.63) is 34.1 Å². The molecule has 1 saturated carbocycles. The summed E-state index contributed by atoms with van der Waals surface area (Å²) in [5, 5.41) is 9.74. The lowest BCUT2D eigenvalue weighted by Gasteiger charge is -2.27. The van der Waals surface area contributed by atoms with Gasteiger partial charge in [-0.3, -0.25) is 0 Å². The second kappa shape index (κ2) is 6.10. The summed E-state index contributed by atoms with van der Waals surface area (Å²) in [5.74, 6) is -1.42. The van der Waals surface area contributed by atoms with Crippen LogP contribution in [-0.2, 0) is 6.18 Å². The molecule has 7 heteroatoms. The topological polar surface area (TPSA) is 46.2 Å². The summed E-state index contributed by atoms with van der Waals surface area (Å²) in [5.41, 5.74) is 3.80. The van der Waals surface area contributed by atoms with Crippen LogP contribution < -0.4 is 5.73 Å². The van der Waals surface area contributed by atoms with Crippen LogP contribution in [0.1, 0.15) is 42.9 Å². The average molecular weight is 326 g/mol. The van der Waals surface area contributed by atoms with Gasteiger partial charge >= 0.3 is 6.18 Å².